The standard InChI is InChI=1S/C16H29O4.Mo/c17-16(9-5-2-6-10-16)20-14-12-18-11-13-19-15-7-3-1-4-8-15;/h17H,1-14H2;/q-1;. The van der Waals surface area contributed by atoms with Crippen LogP contribution in [0.4, 0.5) is 0 Å². The van der Waals surface area contributed by atoms with Gasteiger partial charge in [-0.2, -0.15) is 18.9 Å². The maximum absolute atomic E-state index is 10.1. The molecule has 0 saturated heterocycles. The molecule has 0 atom stereocenters. The number of ether oxygens (including phenoxy) is 3. The van der Waals surface area contributed by atoms with Crippen molar-refractivity contribution < 1.29 is 40.4 Å². The van der Waals surface area contributed by atoms with Crippen LogP contribution in [0.3, 0.4) is 0 Å². The van der Waals surface area contributed by atoms with E-state index >= 15 is 0 Å². The predicted molar refractivity (Wildman–Crippen MR) is 77.1 cm³/mol. The molecule has 0 radical (unpaired) electrons. The third-order valence-electron chi connectivity index (χ3n) is 4.18. The second-order valence-electron chi connectivity index (χ2n) is 5.92. The van der Waals surface area contributed by atoms with E-state index in [1.807, 2.05) is 0 Å². The van der Waals surface area contributed by atoms with Gasteiger partial charge >= 0.3 is 0 Å². The van der Waals surface area contributed by atoms with Crippen LogP contribution in [0.25, 0.3) is 0 Å². The van der Waals surface area contributed by atoms with E-state index in [4.69, 9.17) is 14.2 Å². The fraction of sp³-hybridized carbons (Fsp3) is 0.938. The maximum atomic E-state index is 10.1. The molecule has 5 heteroatoms. The quantitative estimate of drug-likeness (QED) is 0.304. The van der Waals surface area contributed by atoms with Gasteiger partial charge in [-0.1, -0.05) is 25.7 Å². The third kappa shape index (κ3) is 8.08. The molecule has 4 nitrogen and oxygen atoms in total. The Morgan fingerprint density at radius 2 is 1.43 bits per heavy atom. The van der Waals surface area contributed by atoms with E-state index in [1.54, 1.807) is 0 Å². The molecule has 1 N–H and O–H groups in total. The zero-order valence-electron chi connectivity index (χ0n) is 13.0. The topological polar surface area (TPSA) is 47.9 Å². The van der Waals surface area contributed by atoms with Gasteiger partial charge in [0.2, 0.25) is 0 Å². The minimum Gasteiger partial charge on any atom is -0.547 e. The summed E-state index contributed by atoms with van der Waals surface area (Å²) < 4.78 is 16.7. The van der Waals surface area contributed by atoms with Gasteiger partial charge in [0.05, 0.1) is 19.8 Å². The largest absolute Gasteiger partial charge is 0.547 e. The Morgan fingerprint density at radius 3 is 2.14 bits per heavy atom. The molecule has 0 bridgehead atoms. The Balaban J connectivity index is 0.00000220. The Bertz CT molecular complexity index is 251. The Kier molecular flexibility index (Phi) is 10.4. The second-order valence-corrected chi connectivity index (χ2v) is 5.92. The maximum Gasteiger partial charge on any atom is 0.165 e. The van der Waals surface area contributed by atoms with Gasteiger partial charge in [0, 0.05) is 40.5 Å². The molecular weight excluding hydrogens is 352 g/mol. The fourth-order valence-electron chi connectivity index (χ4n) is 2.98. The molecule has 0 spiro atoms. The minimum atomic E-state index is -0.893. The summed E-state index contributed by atoms with van der Waals surface area (Å²) in [6.45, 7) is 2.24. The third-order valence-corrected chi connectivity index (χ3v) is 4.18. The van der Waals surface area contributed by atoms with Gasteiger partial charge in [0.1, 0.15) is 0 Å². The Morgan fingerprint density at radius 1 is 0.810 bits per heavy atom. The molecule has 0 aromatic rings. The van der Waals surface area contributed by atoms with Crippen molar-refractivity contribution in [2.24, 2.45) is 0 Å². The van der Waals surface area contributed by atoms with Gasteiger partial charge in [-0.05, 0) is 12.8 Å². The number of aliphatic hydroxyl groups is 1. The van der Waals surface area contributed by atoms with Crippen LogP contribution in [-0.2, 0) is 35.3 Å². The number of hydrogen-bond donors (Lipinski definition) is 1. The molecule has 2 fully saturated rings. The predicted octanol–water partition coefficient (Wildman–Crippen LogP) is 3.18. The summed E-state index contributed by atoms with van der Waals surface area (Å²) in [5.41, 5.74) is 0. The van der Waals surface area contributed by atoms with Crippen LogP contribution < -0.4 is 0 Å². The molecule has 0 aliphatic heterocycles. The van der Waals surface area contributed by atoms with Crippen LogP contribution >= 0.6 is 0 Å². The molecule has 2 rings (SSSR count). The van der Waals surface area contributed by atoms with Crippen LogP contribution in [0.2, 0.25) is 0 Å². The molecule has 0 amide bonds. The number of hydrogen-bond acceptors (Lipinski definition) is 4. The molecule has 21 heavy (non-hydrogen) atoms. The van der Waals surface area contributed by atoms with E-state index in [-0.39, 0.29) is 21.1 Å². The fourth-order valence-corrected chi connectivity index (χ4v) is 2.98. The first kappa shape index (κ1) is 19.6. The van der Waals surface area contributed by atoms with Crippen molar-refractivity contribution in [3.63, 3.8) is 0 Å². The van der Waals surface area contributed by atoms with Gasteiger partial charge in [-0.15, -0.1) is 0 Å². The Labute approximate surface area is 143 Å². The average Bonchev–Trinajstić information content (AvgIpc) is 2.48. The molecule has 2 saturated carbocycles. The summed E-state index contributed by atoms with van der Waals surface area (Å²) in [4.78, 5) is 0. The van der Waals surface area contributed by atoms with E-state index in [0.717, 1.165) is 38.5 Å². The molecule has 2 aliphatic carbocycles. The van der Waals surface area contributed by atoms with Crippen molar-refractivity contribution in [3.05, 3.63) is 6.10 Å². The van der Waals surface area contributed by atoms with Crippen LogP contribution in [0.1, 0.15) is 64.2 Å². The molecule has 124 valence electrons. The molecule has 0 heterocycles. The molecule has 2 aliphatic rings. The van der Waals surface area contributed by atoms with E-state index in [9.17, 15) is 5.11 Å². The first-order valence-corrected chi connectivity index (χ1v) is 8.20. The Hall–Kier alpha value is 0.528. The van der Waals surface area contributed by atoms with Gasteiger partial charge in [0.15, 0.2) is 5.79 Å². The zero-order valence-corrected chi connectivity index (χ0v) is 15.0. The summed E-state index contributed by atoms with van der Waals surface area (Å²) >= 11 is 0. The minimum absolute atomic E-state index is 0. The summed E-state index contributed by atoms with van der Waals surface area (Å²) in [6, 6.07) is 0. The normalized spacial score (nSPS) is 22.7. The number of rotatable bonds is 8. The van der Waals surface area contributed by atoms with Crippen molar-refractivity contribution in [2.75, 3.05) is 26.4 Å². The van der Waals surface area contributed by atoms with Crippen molar-refractivity contribution in [1.29, 1.82) is 0 Å². The average molecular weight is 381 g/mol. The van der Waals surface area contributed by atoms with Crippen molar-refractivity contribution in [3.8, 4) is 0 Å². The summed E-state index contributed by atoms with van der Waals surface area (Å²) in [5, 5.41) is 10.1. The first-order chi connectivity index (χ1) is 9.79. The van der Waals surface area contributed by atoms with Crippen molar-refractivity contribution in [2.45, 2.75) is 70.0 Å². The van der Waals surface area contributed by atoms with Gasteiger partial charge in [-0.25, -0.2) is 0 Å². The molecule has 0 aromatic heterocycles. The summed E-state index contributed by atoms with van der Waals surface area (Å²) in [7, 11) is 0. The van der Waals surface area contributed by atoms with Gasteiger partial charge in [-0.3, -0.25) is 0 Å². The summed E-state index contributed by atoms with van der Waals surface area (Å²) in [6.07, 6.45) is 12.2. The van der Waals surface area contributed by atoms with Crippen LogP contribution in [-0.4, -0.2) is 37.3 Å². The van der Waals surface area contributed by atoms with Crippen molar-refractivity contribution >= 4 is 0 Å². The molecule has 0 unspecified atom stereocenters. The van der Waals surface area contributed by atoms with Gasteiger partial charge < -0.3 is 19.3 Å². The van der Waals surface area contributed by atoms with E-state index in [1.165, 1.54) is 31.8 Å². The van der Waals surface area contributed by atoms with E-state index in [2.05, 4.69) is 0 Å². The SMILES string of the molecule is OC1(OCCOCCO[C-]2CCCCC2)CCCCC1.[Mo]. The van der Waals surface area contributed by atoms with Gasteiger partial charge in [0.25, 0.3) is 0 Å². The molecular formula is C16H29MoO4-. The monoisotopic (exact) mass is 383 g/mol. The van der Waals surface area contributed by atoms with Crippen LogP contribution in [0.15, 0.2) is 0 Å². The van der Waals surface area contributed by atoms with Crippen LogP contribution in [0.5, 0.6) is 0 Å². The van der Waals surface area contributed by atoms with E-state index in [0.29, 0.717) is 26.4 Å². The second kappa shape index (κ2) is 11.1. The van der Waals surface area contributed by atoms with Crippen molar-refractivity contribution in [1.82, 2.24) is 0 Å². The van der Waals surface area contributed by atoms with Crippen LogP contribution in [0, 0.1) is 6.10 Å². The zero-order chi connectivity index (χ0) is 14.1. The molecule has 0 aromatic carbocycles. The first-order valence-electron chi connectivity index (χ1n) is 8.20. The summed E-state index contributed by atoms with van der Waals surface area (Å²) in [5.74, 6) is -0.893. The smallest absolute Gasteiger partial charge is 0.165 e. The van der Waals surface area contributed by atoms with E-state index < -0.39 is 5.79 Å².